The Kier molecular flexibility index (Phi) is 6.34. The highest BCUT2D eigenvalue weighted by Crippen LogP contribution is 2.38. The summed E-state index contributed by atoms with van der Waals surface area (Å²) in [5.74, 6) is 0.278. The molecular weight excluding hydrogens is 439 g/mol. The highest BCUT2D eigenvalue weighted by molar-refractivity contribution is 8.15. The van der Waals surface area contributed by atoms with E-state index in [2.05, 4.69) is 4.99 Å². The average Bonchev–Trinajstić information content (AvgIpc) is 3.19. The van der Waals surface area contributed by atoms with Crippen molar-refractivity contribution >= 4 is 32.7 Å². The van der Waals surface area contributed by atoms with E-state index in [1.807, 2.05) is 29.2 Å². The summed E-state index contributed by atoms with van der Waals surface area (Å²) in [6, 6.07) is 13.3. The molecule has 4 rings (SSSR count). The van der Waals surface area contributed by atoms with Gasteiger partial charge in [0.15, 0.2) is 15.0 Å². The van der Waals surface area contributed by atoms with Crippen molar-refractivity contribution < 1.29 is 22.3 Å². The van der Waals surface area contributed by atoms with Crippen LogP contribution >= 0.6 is 11.8 Å². The topological polar surface area (TPSA) is 76.0 Å². The van der Waals surface area contributed by atoms with E-state index < -0.39 is 9.84 Å². The fourth-order valence-corrected chi connectivity index (χ4v) is 7.86. The third-order valence-corrected chi connectivity index (χ3v) is 8.71. The van der Waals surface area contributed by atoms with Crippen LogP contribution in [0.3, 0.4) is 0 Å². The van der Waals surface area contributed by atoms with Crippen molar-refractivity contribution in [1.29, 1.82) is 0 Å². The Bertz CT molecular complexity index is 1090. The van der Waals surface area contributed by atoms with Gasteiger partial charge in [-0.05, 0) is 41.8 Å². The van der Waals surface area contributed by atoms with Crippen LogP contribution in [0.1, 0.15) is 11.1 Å². The lowest BCUT2D eigenvalue weighted by atomic mass is 10.1. The summed E-state index contributed by atoms with van der Waals surface area (Å²) in [6.07, 6.45) is 0.767. The van der Waals surface area contributed by atoms with Gasteiger partial charge in [-0.15, -0.1) is 0 Å². The summed E-state index contributed by atoms with van der Waals surface area (Å²) in [5, 5.41) is 0.462. The molecule has 2 heterocycles. The molecule has 2 saturated heterocycles. The number of rotatable bonds is 6. The molecule has 0 radical (unpaired) electrons. The van der Waals surface area contributed by atoms with E-state index in [0.29, 0.717) is 23.7 Å². The molecule has 2 aromatic rings. The van der Waals surface area contributed by atoms with Crippen LogP contribution in [0.2, 0.25) is 0 Å². The number of ether oxygens (including phenoxy) is 1. The Morgan fingerprint density at radius 3 is 2.48 bits per heavy atom. The fourth-order valence-electron chi connectivity index (χ4n) is 3.86. The lowest BCUT2D eigenvalue weighted by molar-refractivity contribution is -0.117. The number of aliphatic imine (C=N–C) groups is 1. The smallest absolute Gasteiger partial charge is 0.252 e. The van der Waals surface area contributed by atoms with Gasteiger partial charge in [0.25, 0.3) is 5.91 Å². The predicted octanol–water partition coefficient (Wildman–Crippen LogP) is 2.72. The molecule has 2 fully saturated rings. The minimum atomic E-state index is -3.09. The number of carbonyl (C=O) groups is 1. The number of hydrogen-bond donors (Lipinski definition) is 0. The molecule has 9 heteroatoms. The zero-order valence-corrected chi connectivity index (χ0v) is 18.7. The molecule has 2 aliphatic rings. The van der Waals surface area contributed by atoms with Gasteiger partial charge in [-0.3, -0.25) is 4.79 Å². The van der Waals surface area contributed by atoms with Crippen LogP contribution in [-0.2, 0) is 27.5 Å². The zero-order chi connectivity index (χ0) is 22.0. The number of benzene rings is 2. The molecule has 2 aliphatic heterocycles. The molecule has 2 aromatic carbocycles. The van der Waals surface area contributed by atoms with E-state index in [-0.39, 0.29) is 40.9 Å². The van der Waals surface area contributed by atoms with Crippen LogP contribution in [0.15, 0.2) is 53.5 Å². The number of hydrogen-bond acceptors (Lipinski definition) is 5. The van der Waals surface area contributed by atoms with E-state index in [1.165, 1.54) is 23.9 Å². The molecule has 0 bridgehead atoms. The molecule has 0 N–H and O–H groups in total. The van der Waals surface area contributed by atoms with Gasteiger partial charge in [0.2, 0.25) is 0 Å². The minimum absolute atomic E-state index is 0.0737. The van der Waals surface area contributed by atoms with E-state index in [4.69, 9.17) is 4.74 Å². The first-order chi connectivity index (χ1) is 14.8. The number of carbonyl (C=O) groups excluding carboxylic acids is 1. The molecule has 164 valence electrons. The van der Waals surface area contributed by atoms with Gasteiger partial charge >= 0.3 is 0 Å². The minimum Gasteiger partial charge on any atom is -0.497 e. The quantitative estimate of drug-likeness (QED) is 0.657. The predicted molar refractivity (Wildman–Crippen MR) is 120 cm³/mol. The molecule has 0 unspecified atom stereocenters. The molecule has 0 aromatic heterocycles. The Balaban J connectivity index is 1.49. The van der Waals surface area contributed by atoms with Gasteiger partial charge in [-0.25, -0.2) is 12.8 Å². The highest BCUT2D eigenvalue weighted by Gasteiger charge is 2.48. The van der Waals surface area contributed by atoms with Crippen molar-refractivity contribution in [1.82, 2.24) is 4.90 Å². The van der Waals surface area contributed by atoms with Crippen LogP contribution < -0.4 is 4.74 Å². The lowest BCUT2D eigenvalue weighted by Gasteiger charge is -2.24. The van der Waals surface area contributed by atoms with Gasteiger partial charge in [-0.2, -0.15) is 4.99 Å². The summed E-state index contributed by atoms with van der Waals surface area (Å²) < 4.78 is 42.6. The second kappa shape index (κ2) is 9.00. The van der Waals surface area contributed by atoms with E-state index in [0.717, 1.165) is 11.3 Å². The van der Waals surface area contributed by atoms with Gasteiger partial charge < -0.3 is 9.64 Å². The largest absolute Gasteiger partial charge is 0.497 e. The molecule has 6 nitrogen and oxygen atoms in total. The molecule has 1 amide bonds. The first-order valence-electron chi connectivity index (χ1n) is 9.95. The Hall–Kier alpha value is -2.39. The number of nitrogens with zero attached hydrogens (tertiary/aromatic N) is 2. The van der Waals surface area contributed by atoms with Gasteiger partial charge in [0.05, 0.1) is 31.1 Å². The summed E-state index contributed by atoms with van der Waals surface area (Å²) in [7, 11) is -1.48. The second-order valence-corrected chi connectivity index (χ2v) is 11.0. The number of methoxy groups -OCH3 is 1. The van der Waals surface area contributed by atoms with Gasteiger partial charge in [-0.1, -0.05) is 36.0 Å². The fraction of sp³-hybridized carbons (Fsp3) is 0.364. The van der Waals surface area contributed by atoms with E-state index in [9.17, 15) is 17.6 Å². The number of halogens is 1. The zero-order valence-electron chi connectivity index (χ0n) is 17.0. The summed E-state index contributed by atoms with van der Waals surface area (Å²) in [6.45, 7) is 0.568. The Labute approximate surface area is 185 Å². The first kappa shape index (κ1) is 21.8. The van der Waals surface area contributed by atoms with Crippen LogP contribution in [0.25, 0.3) is 0 Å². The highest BCUT2D eigenvalue weighted by atomic mass is 32.2. The molecule has 0 spiro atoms. The number of amidine groups is 1. The Morgan fingerprint density at radius 1 is 1.13 bits per heavy atom. The number of fused-ring (bicyclic) bond motifs is 1. The monoisotopic (exact) mass is 462 g/mol. The molecule has 0 aliphatic carbocycles. The number of thioether (sulfide) groups is 1. The van der Waals surface area contributed by atoms with Crippen molar-refractivity contribution in [3.63, 3.8) is 0 Å². The van der Waals surface area contributed by atoms with Crippen LogP contribution in [0.4, 0.5) is 4.39 Å². The van der Waals surface area contributed by atoms with Crippen molar-refractivity contribution in [2.24, 2.45) is 4.99 Å². The van der Waals surface area contributed by atoms with Crippen LogP contribution in [0.5, 0.6) is 5.75 Å². The van der Waals surface area contributed by atoms with Crippen molar-refractivity contribution in [3.05, 3.63) is 65.5 Å². The summed E-state index contributed by atoms with van der Waals surface area (Å²) in [4.78, 5) is 18.8. The maximum atomic E-state index is 13.1. The van der Waals surface area contributed by atoms with E-state index >= 15 is 0 Å². The van der Waals surface area contributed by atoms with Crippen molar-refractivity contribution in [2.75, 3.05) is 25.2 Å². The summed E-state index contributed by atoms with van der Waals surface area (Å²) in [5.41, 5.74) is 1.78. The average molecular weight is 463 g/mol. The molecule has 0 saturated carbocycles. The normalized spacial score (nSPS) is 23.2. The third kappa shape index (κ3) is 5.27. The molecular formula is C22H23FN2O4S2. The molecule has 2 atom stereocenters. The SMILES string of the molecule is COc1ccc(CCN2C(=NC(=O)Cc3ccc(F)cc3)S[C@@H]3CS(=O)(=O)C[C@@H]32)cc1. The third-order valence-electron chi connectivity index (χ3n) is 5.46. The second-order valence-electron chi connectivity index (χ2n) is 7.68. The van der Waals surface area contributed by atoms with Gasteiger partial charge in [0.1, 0.15) is 11.6 Å². The number of amides is 1. The van der Waals surface area contributed by atoms with Gasteiger partial charge in [0, 0.05) is 11.8 Å². The standard InChI is InChI=1S/C22H23FN2O4S2/c1-29-18-8-4-15(5-9-18)10-11-25-19-13-31(27,28)14-20(19)30-22(25)24-21(26)12-16-2-6-17(23)7-3-16/h2-9,19-20H,10-14H2,1H3/t19-,20+/m0/s1. The Morgan fingerprint density at radius 2 is 1.81 bits per heavy atom. The molecule has 31 heavy (non-hydrogen) atoms. The van der Waals surface area contributed by atoms with Crippen LogP contribution in [-0.4, -0.2) is 60.8 Å². The number of sulfone groups is 1. The van der Waals surface area contributed by atoms with E-state index in [1.54, 1.807) is 19.2 Å². The van der Waals surface area contributed by atoms with Crippen molar-refractivity contribution in [2.45, 2.75) is 24.1 Å². The maximum absolute atomic E-state index is 13.1. The van der Waals surface area contributed by atoms with Crippen LogP contribution in [0, 0.1) is 5.82 Å². The summed E-state index contributed by atoms with van der Waals surface area (Å²) >= 11 is 1.37. The first-order valence-corrected chi connectivity index (χ1v) is 12.7. The van der Waals surface area contributed by atoms with Crippen molar-refractivity contribution in [3.8, 4) is 5.75 Å². The maximum Gasteiger partial charge on any atom is 0.252 e. The lowest BCUT2D eigenvalue weighted by Crippen LogP contribution is -2.39.